The molecule has 0 aromatic heterocycles. The van der Waals surface area contributed by atoms with Crippen LogP contribution in [0.15, 0.2) is 66.7 Å². The molecule has 0 fully saturated rings. The minimum absolute atomic E-state index is 0.136. The first-order valence-corrected chi connectivity index (χ1v) is 12.7. The molecule has 210 valence electrons. The molecule has 0 aliphatic rings. The molecule has 0 saturated heterocycles. The number of amidine groups is 1. The van der Waals surface area contributed by atoms with Crippen LogP contribution in [0.25, 0.3) is 0 Å². The second-order valence-electron chi connectivity index (χ2n) is 9.96. The van der Waals surface area contributed by atoms with E-state index in [1.54, 1.807) is 75.2 Å². The zero-order valence-corrected chi connectivity index (χ0v) is 23.4. The highest BCUT2D eigenvalue weighted by Gasteiger charge is 2.18. The van der Waals surface area contributed by atoms with E-state index >= 15 is 0 Å². The third kappa shape index (κ3) is 8.74. The lowest BCUT2D eigenvalue weighted by Crippen LogP contribution is -2.36. The molecular weight excluding hydrogens is 534 g/mol. The van der Waals surface area contributed by atoms with Crippen LogP contribution in [0.5, 0.6) is 0 Å². The molecule has 5 N–H and O–H groups in total. The van der Waals surface area contributed by atoms with Crippen LogP contribution in [-0.4, -0.2) is 48.1 Å². The van der Waals surface area contributed by atoms with Gasteiger partial charge in [-0.25, -0.2) is 4.79 Å². The first-order valence-electron chi connectivity index (χ1n) is 12.4. The molecule has 0 saturated carbocycles. The highest BCUT2D eigenvalue weighted by molar-refractivity contribution is 6.31. The number of ether oxygens (including phenoxy) is 1. The van der Waals surface area contributed by atoms with Crippen LogP contribution in [0.1, 0.15) is 42.3 Å². The fourth-order valence-corrected chi connectivity index (χ4v) is 3.94. The van der Waals surface area contributed by atoms with Crippen LogP contribution >= 0.6 is 11.6 Å². The van der Waals surface area contributed by atoms with E-state index in [0.717, 1.165) is 11.3 Å². The van der Waals surface area contributed by atoms with Gasteiger partial charge in [-0.2, -0.15) is 0 Å². The minimum Gasteiger partial charge on any atom is -0.480 e. The number of rotatable bonds is 9. The third-order valence-corrected chi connectivity index (χ3v) is 5.76. The van der Waals surface area contributed by atoms with Crippen LogP contribution in [0.4, 0.5) is 21.9 Å². The van der Waals surface area contributed by atoms with Gasteiger partial charge in [0.1, 0.15) is 18.0 Å². The van der Waals surface area contributed by atoms with Crippen LogP contribution in [0.3, 0.4) is 0 Å². The van der Waals surface area contributed by atoms with Gasteiger partial charge in [-0.3, -0.25) is 20.3 Å². The van der Waals surface area contributed by atoms with Gasteiger partial charge in [-0.05, 0) is 74.9 Å². The Bertz CT molecular complexity index is 1400. The second kappa shape index (κ2) is 13.0. The number of para-hydroxylation sites is 1. The first kappa shape index (κ1) is 30.0. The maximum absolute atomic E-state index is 13.2. The molecular formula is C29H32ClN5O5. The summed E-state index contributed by atoms with van der Waals surface area (Å²) in [4.78, 5) is 37.9. The number of nitrogens with one attached hydrogen (secondary N) is 4. The van der Waals surface area contributed by atoms with Gasteiger partial charge in [0, 0.05) is 41.2 Å². The highest BCUT2D eigenvalue weighted by atomic mass is 35.5. The summed E-state index contributed by atoms with van der Waals surface area (Å²) >= 11 is 6.20. The molecule has 0 bridgehead atoms. The van der Waals surface area contributed by atoms with Crippen molar-refractivity contribution in [1.29, 1.82) is 5.41 Å². The Morgan fingerprint density at radius 3 is 2.35 bits per heavy atom. The van der Waals surface area contributed by atoms with Crippen molar-refractivity contribution in [3.63, 3.8) is 0 Å². The smallest absolute Gasteiger partial charge is 0.413 e. The number of amides is 2. The molecule has 0 aliphatic heterocycles. The van der Waals surface area contributed by atoms with Gasteiger partial charge in [-0.1, -0.05) is 29.8 Å². The van der Waals surface area contributed by atoms with Crippen molar-refractivity contribution in [3.05, 3.63) is 88.4 Å². The standard InChI is InChI=1S/C29H32ClN5O5/c1-29(2,3)40-28(39)34-26(31)18-9-12-21(13-10-18)33-27(38)22-15-20(30)11-14-23(22)32-16-19-7-5-6-8-24(19)35(4)17-25(36)37/h5-15,32H,16-17H2,1-4H3,(H,33,38)(H,36,37)(H2,31,34,39). The number of nitrogens with zero attached hydrogens (tertiary/aromatic N) is 1. The molecule has 2 amide bonds. The van der Waals surface area contributed by atoms with Gasteiger partial charge >= 0.3 is 12.1 Å². The Morgan fingerprint density at radius 2 is 1.70 bits per heavy atom. The number of aliphatic carboxylic acids is 1. The maximum atomic E-state index is 13.2. The largest absolute Gasteiger partial charge is 0.480 e. The average Bonchev–Trinajstić information content (AvgIpc) is 2.87. The molecule has 3 aromatic rings. The van der Waals surface area contributed by atoms with E-state index in [2.05, 4.69) is 16.0 Å². The summed E-state index contributed by atoms with van der Waals surface area (Å²) in [6.45, 7) is 5.38. The van der Waals surface area contributed by atoms with Crippen LogP contribution in [-0.2, 0) is 16.1 Å². The first-order chi connectivity index (χ1) is 18.8. The topological polar surface area (TPSA) is 144 Å². The lowest BCUT2D eigenvalue weighted by molar-refractivity contribution is -0.135. The van der Waals surface area contributed by atoms with Gasteiger partial charge in [-0.15, -0.1) is 0 Å². The average molecular weight is 566 g/mol. The van der Waals surface area contributed by atoms with E-state index in [9.17, 15) is 14.4 Å². The number of anilines is 3. The highest BCUT2D eigenvalue weighted by Crippen LogP contribution is 2.25. The number of hydrogen-bond donors (Lipinski definition) is 5. The second-order valence-corrected chi connectivity index (χ2v) is 10.4. The zero-order valence-electron chi connectivity index (χ0n) is 22.7. The predicted molar refractivity (Wildman–Crippen MR) is 157 cm³/mol. The maximum Gasteiger partial charge on any atom is 0.413 e. The number of carboxylic acid groups (broad SMARTS) is 1. The van der Waals surface area contributed by atoms with E-state index in [1.165, 1.54) is 0 Å². The lowest BCUT2D eigenvalue weighted by atomic mass is 10.1. The number of carbonyl (C=O) groups excluding carboxylic acids is 2. The molecule has 40 heavy (non-hydrogen) atoms. The Kier molecular flexibility index (Phi) is 9.73. The Hall–Kier alpha value is -4.57. The normalized spacial score (nSPS) is 10.8. The predicted octanol–water partition coefficient (Wildman–Crippen LogP) is 5.58. The summed E-state index contributed by atoms with van der Waals surface area (Å²) in [6.07, 6.45) is -0.730. The number of carbonyl (C=O) groups is 3. The van der Waals surface area contributed by atoms with E-state index in [-0.39, 0.29) is 12.4 Å². The van der Waals surface area contributed by atoms with Crippen molar-refractivity contribution >= 4 is 52.5 Å². The molecule has 0 atom stereocenters. The summed E-state index contributed by atoms with van der Waals surface area (Å²) in [5.74, 6) is -1.48. The van der Waals surface area contributed by atoms with Crippen molar-refractivity contribution in [2.24, 2.45) is 0 Å². The quantitative estimate of drug-likeness (QED) is 0.168. The molecule has 0 spiro atoms. The molecule has 0 heterocycles. The van der Waals surface area contributed by atoms with Gasteiger partial charge in [0.2, 0.25) is 0 Å². The van der Waals surface area contributed by atoms with Gasteiger partial charge in [0.05, 0.1) is 5.56 Å². The lowest BCUT2D eigenvalue weighted by Gasteiger charge is -2.21. The van der Waals surface area contributed by atoms with Crippen LogP contribution in [0.2, 0.25) is 5.02 Å². The van der Waals surface area contributed by atoms with Crippen LogP contribution < -0.4 is 20.9 Å². The summed E-state index contributed by atoms with van der Waals surface area (Å²) in [5.41, 5.74) is 2.68. The summed E-state index contributed by atoms with van der Waals surface area (Å²) < 4.78 is 5.17. The number of hydrogen-bond acceptors (Lipinski definition) is 7. The summed E-state index contributed by atoms with van der Waals surface area (Å²) in [7, 11) is 1.70. The number of likely N-dealkylation sites (N-methyl/N-ethyl adjacent to an activating group) is 1. The van der Waals surface area contributed by atoms with E-state index < -0.39 is 23.6 Å². The SMILES string of the molecule is CN(CC(=O)O)c1ccccc1CNc1ccc(Cl)cc1C(=O)Nc1ccc(C(=N)NC(=O)OC(C)(C)C)cc1. The Balaban J connectivity index is 1.70. The number of halogens is 1. The van der Waals surface area contributed by atoms with E-state index in [1.807, 2.05) is 24.3 Å². The van der Waals surface area contributed by atoms with E-state index in [4.69, 9.17) is 26.9 Å². The van der Waals surface area contributed by atoms with Crippen molar-refractivity contribution in [3.8, 4) is 0 Å². The fraction of sp³-hybridized carbons (Fsp3) is 0.241. The molecule has 0 unspecified atom stereocenters. The molecule has 0 aliphatic carbocycles. The van der Waals surface area contributed by atoms with Gasteiger partial charge in [0.25, 0.3) is 5.91 Å². The minimum atomic E-state index is -0.939. The van der Waals surface area contributed by atoms with E-state index in [0.29, 0.717) is 34.1 Å². The third-order valence-electron chi connectivity index (χ3n) is 5.53. The molecule has 3 aromatic carbocycles. The van der Waals surface area contributed by atoms with Crippen molar-refractivity contribution in [2.45, 2.75) is 32.9 Å². The number of carboxylic acids is 1. The molecule has 11 heteroatoms. The monoisotopic (exact) mass is 565 g/mol. The fourth-order valence-electron chi connectivity index (χ4n) is 3.77. The van der Waals surface area contributed by atoms with Crippen molar-refractivity contribution < 1.29 is 24.2 Å². The number of benzene rings is 3. The molecule has 10 nitrogen and oxygen atoms in total. The van der Waals surface area contributed by atoms with Gasteiger partial charge < -0.3 is 25.4 Å². The number of alkyl carbamates (subject to hydrolysis) is 1. The van der Waals surface area contributed by atoms with Crippen molar-refractivity contribution in [2.75, 3.05) is 29.1 Å². The van der Waals surface area contributed by atoms with Crippen LogP contribution in [0, 0.1) is 5.41 Å². The summed E-state index contributed by atoms with van der Waals surface area (Å²) in [6, 6.07) is 18.7. The Morgan fingerprint density at radius 1 is 1.02 bits per heavy atom. The molecule has 3 rings (SSSR count). The summed E-state index contributed by atoms with van der Waals surface area (Å²) in [5, 5.41) is 26.1. The molecule has 0 radical (unpaired) electrons. The van der Waals surface area contributed by atoms with Crippen molar-refractivity contribution in [1.82, 2.24) is 5.32 Å². The zero-order chi connectivity index (χ0) is 29.4. The Labute approximate surface area is 237 Å². The van der Waals surface area contributed by atoms with Gasteiger partial charge in [0.15, 0.2) is 0 Å².